The standard InChI is InChI=1S/C18H17N5S/c1-11-4-7-16-14(8-11)21-17(23(16)3)15-10-24-18(22-15)20-13-6-5-12(2)19-9-13/h4-10H,1-3H3,(H,20,22). The van der Waals surface area contributed by atoms with Crippen molar-refractivity contribution in [3.05, 3.63) is 53.2 Å². The Morgan fingerprint density at radius 1 is 1.08 bits per heavy atom. The Morgan fingerprint density at radius 2 is 1.96 bits per heavy atom. The lowest BCUT2D eigenvalue weighted by atomic mass is 10.2. The molecule has 5 nitrogen and oxygen atoms in total. The van der Waals surface area contributed by atoms with E-state index in [1.165, 1.54) is 5.56 Å². The van der Waals surface area contributed by atoms with E-state index < -0.39 is 0 Å². The molecule has 3 aromatic heterocycles. The largest absolute Gasteiger partial charge is 0.330 e. The molecule has 0 saturated carbocycles. The summed E-state index contributed by atoms with van der Waals surface area (Å²) in [5.74, 6) is 0.877. The van der Waals surface area contributed by atoms with Crippen molar-refractivity contribution in [2.75, 3.05) is 5.32 Å². The van der Waals surface area contributed by atoms with E-state index >= 15 is 0 Å². The molecule has 120 valence electrons. The SMILES string of the molecule is Cc1ccc2c(c1)nc(-c1csc(Nc3ccc(C)nc3)n1)n2C. The molecule has 0 aliphatic carbocycles. The fourth-order valence-electron chi connectivity index (χ4n) is 2.64. The first-order valence-corrected chi connectivity index (χ1v) is 8.57. The van der Waals surface area contributed by atoms with E-state index in [0.29, 0.717) is 0 Å². The summed E-state index contributed by atoms with van der Waals surface area (Å²) < 4.78 is 2.08. The van der Waals surface area contributed by atoms with Crippen molar-refractivity contribution in [3.63, 3.8) is 0 Å². The number of nitrogens with one attached hydrogen (secondary N) is 1. The van der Waals surface area contributed by atoms with Crippen LogP contribution in [0.1, 0.15) is 11.3 Å². The number of anilines is 2. The van der Waals surface area contributed by atoms with Crippen molar-refractivity contribution in [1.82, 2.24) is 19.5 Å². The van der Waals surface area contributed by atoms with Gasteiger partial charge in [-0.1, -0.05) is 6.07 Å². The third-order valence-electron chi connectivity index (χ3n) is 3.93. The molecule has 3 heterocycles. The molecule has 0 unspecified atom stereocenters. The van der Waals surface area contributed by atoms with Gasteiger partial charge in [0.05, 0.1) is 22.9 Å². The summed E-state index contributed by atoms with van der Waals surface area (Å²) in [5, 5.41) is 6.15. The molecule has 24 heavy (non-hydrogen) atoms. The van der Waals surface area contributed by atoms with E-state index in [-0.39, 0.29) is 0 Å². The molecule has 4 rings (SSSR count). The van der Waals surface area contributed by atoms with Crippen molar-refractivity contribution in [2.45, 2.75) is 13.8 Å². The lowest BCUT2D eigenvalue weighted by molar-refractivity contribution is 0.953. The number of rotatable bonds is 3. The number of hydrogen-bond donors (Lipinski definition) is 1. The Hall–Kier alpha value is -2.73. The van der Waals surface area contributed by atoms with Crippen LogP contribution in [0.2, 0.25) is 0 Å². The first kappa shape index (κ1) is 14.8. The molecule has 1 aromatic carbocycles. The second-order valence-electron chi connectivity index (χ2n) is 5.84. The molecular weight excluding hydrogens is 318 g/mol. The van der Waals surface area contributed by atoms with Crippen molar-refractivity contribution >= 4 is 33.2 Å². The van der Waals surface area contributed by atoms with Gasteiger partial charge in [0.1, 0.15) is 5.69 Å². The second kappa shape index (κ2) is 5.72. The minimum Gasteiger partial charge on any atom is -0.330 e. The number of imidazole rings is 1. The van der Waals surface area contributed by atoms with Crippen LogP contribution in [0.15, 0.2) is 41.9 Å². The molecule has 0 atom stereocenters. The Kier molecular flexibility index (Phi) is 3.54. The minimum atomic E-state index is 0.832. The van der Waals surface area contributed by atoms with E-state index in [1.807, 2.05) is 37.7 Å². The zero-order valence-corrected chi connectivity index (χ0v) is 14.6. The molecule has 0 spiro atoms. The zero-order chi connectivity index (χ0) is 16.7. The van der Waals surface area contributed by atoms with Gasteiger partial charge in [-0.3, -0.25) is 4.98 Å². The predicted molar refractivity (Wildman–Crippen MR) is 98.8 cm³/mol. The lowest BCUT2D eigenvalue weighted by Crippen LogP contribution is -1.94. The summed E-state index contributed by atoms with van der Waals surface area (Å²) in [4.78, 5) is 13.7. The Bertz CT molecular complexity index is 1010. The Balaban J connectivity index is 1.67. The van der Waals surface area contributed by atoms with E-state index in [4.69, 9.17) is 4.98 Å². The van der Waals surface area contributed by atoms with Gasteiger partial charge in [0.25, 0.3) is 0 Å². The number of hydrogen-bond acceptors (Lipinski definition) is 5. The van der Waals surface area contributed by atoms with Crippen LogP contribution in [-0.2, 0) is 7.05 Å². The minimum absolute atomic E-state index is 0.832. The number of thiazole rings is 1. The highest BCUT2D eigenvalue weighted by molar-refractivity contribution is 7.14. The summed E-state index contributed by atoms with van der Waals surface area (Å²) >= 11 is 1.56. The molecule has 0 aliphatic heterocycles. The van der Waals surface area contributed by atoms with Gasteiger partial charge < -0.3 is 9.88 Å². The van der Waals surface area contributed by atoms with Gasteiger partial charge in [-0.2, -0.15) is 0 Å². The molecule has 0 aliphatic rings. The Labute approximate surface area is 144 Å². The maximum atomic E-state index is 4.74. The maximum absolute atomic E-state index is 4.74. The summed E-state index contributed by atoms with van der Waals surface area (Å²) in [7, 11) is 2.02. The predicted octanol–water partition coefficient (Wildman–Crippen LogP) is 4.45. The van der Waals surface area contributed by atoms with E-state index in [9.17, 15) is 0 Å². The first-order chi connectivity index (χ1) is 11.6. The van der Waals surface area contributed by atoms with Crippen LogP contribution in [0, 0.1) is 13.8 Å². The van der Waals surface area contributed by atoms with Crippen molar-refractivity contribution in [2.24, 2.45) is 7.05 Å². The van der Waals surface area contributed by atoms with Crippen LogP contribution in [-0.4, -0.2) is 19.5 Å². The van der Waals surface area contributed by atoms with Crippen molar-refractivity contribution in [3.8, 4) is 11.5 Å². The molecule has 0 radical (unpaired) electrons. The number of aryl methyl sites for hydroxylation is 3. The molecule has 6 heteroatoms. The van der Waals surface area contributed by atoms with Gasteiger partial charge in [0.2, 0.25) is 0 Å². The summed E-state index contributed by atoms with van der Waals surface area (Å²) in [6, 6.07) is 10.3. The van der Waals surface area contributed by atoms with Crippen LogP contribution in [0.4, 0.5) is 10.8 Å². The summed E-state index contributed by atoms with van der Waals surface area (Å²) in [6.45, 7) is 4.05. The third kappa shape index (κ3) is 2.65. The van der Waals surface area contributed by atoms with Crippen LogP contribution >= 0.6 is 11.3 Å². The molecule has 0 saturated heterocycles. The van der Waals surface area contributed by atoms with Gasteiger partial charge in [0, 0.05) is 18.1 Å². The molecular formula is C18H17N5S. The van der Waals surface area contributed by atoms with Crippen LogP contribution in [0.5, 0.6) is 0 Å². The van der Waals surface area contributed by atoms with Crippen molar-refractivity contribution < 1.29 is 0 Å². The normalized spacial score (nSPS) is 11.1. The maximum Gasteiger partial charge on any atom is 0.187 e. The number of nitrogens with zero attached hydrogens (tertiary/aromatic N) is 4. The molecule has 0 bridgehead atoms. The van der Waals surface area contributed by atoms with E-state index in [0.717, 1.165) is 39.1 Å². The topological polar surface area (TPSA) is 55.6 Å². The number of pyridine rings is 1. The van der Waals surface area contributed by atoms with Gasteiger partial charge >= 0.3 is 0 Å². The molecule has 4 aromatic rings. The number of benzene rings is 1. The van der Waals surface area contributed by atoms with Gasteiger partial charge in [-0.25, -0.2) is 9.97 Å². The highest BCUT2D eigenvalue weighted by atomic mass is 32.1. The molecule has 0 fully saturated rings. The van der Waals surface area contributed by atoms with Crippen LogP contribution in [0.3, 0.4) is 0 Å². The Morgan fingerprint density at radius 3 is 2.75 bits per heavy atom. The monoisotopic (exact) mass is 335 g/mol. The average molecular weight is 335 g/mol. The summed E-state index contributed by atoms with van der Waals surface area (Å²) in [6.07, 6.45) is 1.81. The third-order valence-corrected chi connectivity index (χ3v) is 4.69. The highest BCUT2D eigenvalue weighted by Crippen LogP contribution is 2.28. The molecule has 0 amide bonds. The lowest BCUT2D eigenvalue weighted by Gasteiger charge is -2.02. The summed E-state index contributed by atoms with van der Waals surface area (Å²) in [5.41, 5.74) is 6.12. The fraction of sp³-hybridized carbons (Fsp3) is 0.167. The first-order valence-electron chi connectivity index (χ1n) is 7.69. The van der Waals surface area contributed by atoms with E-state index in [2.05, 4.69) is 45.0 Å². The quantitative estimate of drug-likeness (QED) is 0.601. The smallest absolute Gasteiger partial charge is 0.187 e. The highest BCUT2D eigenvalue weighted by Gasteiger charge is 2.13. The second-order valence-corrected chi connectivity index (χ2v) is 6.70. The number of fused-ring (bicyclic) bond motifs is 1. The average Bonchev–Trinajstić information content (AvgIpc) is 3.14. The fourth-order valence-corrected chi connectivity index (χ4v) is 3.35. The van der Waals surface area contributed by atoms with Crippen LogP contribution < -0.4 is 5.32 Å². The van der Waals surface area contributed by atoms with Gasteiger partial charge in [-0.15, -0.1) is 11.3 Å². The zero-order valence-electron chi connectivity index (χ0n) is 13.7. The van der Waals surface area contributed by atoms with Crippen molar-refractivity contribution in [1.29, 1.82) is 0 Å². The van der Waals surface area contributed by atoms with Gasteiger partial charge in [-0.05, 0) is 43.7 Å². The van der Waals surface area contributed by atoms with Crippen LogP contribution in [0.25, 0.3) is 22.6 Å². The van der Waals surface area contributed by atoms with Gasteiger partial charge in [0.15, 0.2) is 11.0 Å². The van der Waals surface area contributed by atoms with E-state index in [1.54, 1.807) is 11.3 Å². The molecule has 1 N–H and O–H groups in total. The number of aromatic nitrogens is 4.